The first-order chi connectivity index (χ1) is 10.4. The molecule has 0 amide bonds. The molecule has 1 N–H and O–H groups in total. The van der Waals surface area contributed by atoms with Crippen LogP contribution in [0.15, 0.2) is 42.5 Å². The minimum atomic E-state index is 0.487. The number of thioether (sulfide) groups is 1. The van der Waals surface area contributed by atoms with Gasteiger partial charge in [-0.15, -0.1) is 0 Å². The molecule has 0 spiro atoms. The molecule has 1 fully saturated rings. The molecule has 3 rings (SSSR count). The molecule has 1 nitrogen and oxygen atoms in total. The molecule has 2 aromatic rings. The summed E-state index contributed by atoms with van der Waals surface area (Å²) in [7, 11) is 0. The van der Waals surface area contributed by atoms with Crippen molar-refractivity contribution in [2.45, 2.75) is 43.9 Å². The van der Waals surface area contributed by atoms with Crippen LogP contribution in [0.2, 0.25) is 0 Å². The molecule has 1 saturated heterocycles. The lowest BCUT2D eigenvalue weighted by molar-refractivity contribution is 0.482. The van der Waals surface area contributed by atoms with Gasteiger partial charge in [0.1, 0.15) is 0 Å². The predicted molar refractivity (Wildman–Crippen MR) is 95.1 cm³/mol. The molecule has 2 aromatic carbocycles. The second-order valence-corrected chi connectivity index (χ2v) is 7.25. The standard InChI is InChI=1S/C19H25NS/c1-2-13-20-19(18-12-5-6-14-21-18)17-11-7-9-15-8-3-4-10-16(15)17/h3-4,7-11,18-20H,2,5-6,12-14H2,1H3. The summed E-state index contributed by atoms with van der Waals surface area (Å²) in [5.41, 5.74) is 1.49. The van der Waals surface area contributed by atoms with Crippen LogP contribution in [0, 0.1) is 0 Å². The number of benzene rings is 2. The van der Waals surface area contributed by atoms with Crippen molar-refractivity contribution in [2.75, 3.05) is 12.3 Å². The molecule has 0 aliphatic carbocycles. The largest absolute Gasteiger partial charge is 0.309 e. The molecule has 112 valence electrons. The molecule has 21 heavy (non-hydrogen) atoms. The Morgan fingerprint density at radius 2 is 2.00 bits per heavy atom. The van der Waals surface area contributed by atoms with Gasteiger partial charge in [-0.25, -0.2) is 0 Å². The lowest BCUT2D eigenvalue weighted by atomic mass is 9.94. The Morgan fingerprint density at radius 1 is 1.14 bits per heavy atom. The molecule has 0 aromatic heterocycles. The van der Waals surface area contributed by atoms with Crippen molar-refractivity contribution in [3.8, 4) is 0 Å². The molecular weight excluding hydrogens is 274 g/mol. The zero-order valence-electron chi connectivity index (χ0n) is 12.8. The summed E-state index contributed by atoms with van der Waals surface area (Å²) < 4.78 is 0. The minimum absolute atomic E-state index is 0.487. The fourth-order valence-corrected chi connectivity index (χ4v) is 4.73. The van der Waals surface area contributed by atoms with E-state index in [1.165, 1.54) is 47.8 Å². The van der Waals surface area contributed by atoms with Gasteiger partial charge in [0.2, 0.25) is 0 Å². The predicted octanol–water partition coefficient (Wildman–Crippen LogP) is 5.17. The Balaban J connectivity index is 1.96. The monoisotopic (exact) mass is 299 g/mol. The van der Waals surface area contributed by atoms with Gasteiger partial charge in [-0.2, -0.15) is 11.8 Å². The van der Waals surface area contributed by atoms with E-state index in [-0.39, 0.29) is 0 Å². The average molecular weight is 299 g/mol. The fraction of sp³-hybridized carbons (Fsp3) is 0.474. The van der Waals surface area contributed by atoms with E-state index in [0.717, 1.165) is 11.8 Å². The van der Waals surface area contributed by atoms with Crippen molar-refractivity contribution in [3.05, 3.63) is 48.0 Å². The van der Waals surface area contributed by atoms with Gasteiger partial charge < -0.3 is 5.32 Å². The molecule has 2 atom stereocenters. The average Bonchev–Trinajstić information content (AvgIpc) is 2.56. The van der Waals surface area contributed by atoms with Gasteiger partial charge in [-0.3, -0.25) is 0 Å². The van der Waals surface area contributed by atoms with Crippen molar-refractivity contribution in [2.24, 2.45) is 0 Å². The molecule has 2 heteroatoms. The van der Waals surface area contributed by atoms with Gasteiger partial charge in [0, 0.05) is 11.3 Å². The van der Waals surface area contributed by atoms with E-state index in [2.05, 4.69) is 66.5 Å². The Morgan fingerprint density at radius 3 is 2.81 bits per heavy atom. The molecule has 0 radical (unpaired) electrons. The van der Waals surface area contributed by atoms with Crippen molar-refractivity contribution < 1.29 is 0 Å². The first-order valence-electron chi connectivity index (χ1n) is 8.23. The first-order valence-corrected chi connectivity index (χ1v) is 9.27. The summed E-state index contributed by atoms with van der Waals surface area (Å²) in [6.07, 6.45) is 5.30. The van der Waals surface area contributed by atoms with E-state index in [0.29, 0.717) is 6.04 Å². The molecule has 1 heterocycles. The third-order valence-corrected chi connectivity index (χ3v) is 5.82. The van der Waals surface area contributed by atoms with Crippen LogP contribution in [0.4, 0.5) is 0 Å². The second kappa shape index (κ2) is 7.33. The van der Waals surface area contributed by atoms with Gasteiger partial charge in [0.05, 0.1) is 0 Å². The molecule has 2 unspecified atom stereocenters. The molecule has 0 saturated carbocycles. The number of hydrogen-bond acceptors (Lipinski definition) is 2. The highest BCUT2D eigenvalue weighted by Crippen LogP contribution is 2.37. The van der Waals surface area contributed by atoms with Crippen LogP contribution in [0.1, 0.15) is 44.2 Å². The number of rotatable bonds is 5. The molecule has 1 aliphatic heterocycles. The smallest absolute Gasteiger partial charge is 0.0446 e. The maximum atomic E-state index is 3.83. The van der Waals surface area contributed by atoms with E-state index < -0.39 is 0 Å². The SMILES string of the molecule is CCCNC(c1cccc2ccccc12)C1CCCCS1. The lowest BCUT2D eigenvalue weighted by Gasteiger charge is -2.31. The Hall–Kier alpha value is -0.990. The van der Waals surface area contributed by atoms with E-state index in [9.17, 15) is 0 Å². The third-order valence-electron chi connectivity index (χ3n) is 4.36. The van der Waals surface area contributed by atoms with Crippen molar-refractivity contribution in [1.82, 2.24) is 5.32 Å². The minimum Gasteiger partial charge on any atom is -0.309 e. The molecule has 1 aliphatic rings. The van der Waals surface area contributed by atoms with Gasteiger partial charge in [0.25, 0.3) is 0 Å². The summed E-state index contributed by atoms with van der Waals surface area (Å²) in [6, 6.07) is 16.1. The van der Waals surface area contributed by atoms with Gasteiger partial charge >= 0.3 is 0 Å². The van der Waals surface area contributed by atoms with Crippen LogP contribution in [-0.2, 0) is 0 Å². The van der Waals surface area contributed by atoms with Crippen LogP contribution in [-0.4, -0.2) is 17.5 Å². The van der Waals surface area contributed by atoms with E-state index in [1.54, 1.807) is 0 Å². The summed E-state index contributed by atoms with van der Waals surface area (Å²) in [5, 5.41) is 7.32. The van der Waals surface area contributed by atoms with Crippen LogP contribution < -0.4 is 5.32 Å². The molecule has 0 bridgehead atoms. The van der Waals surface area contributed by atoms with Crippen LogP contribution in [0.5, 0.6) is 0 Å². The Bertz CT molecular complexity index is 569. The summed E-state index contributed by atoms with van der Waals surface area (Å²) in [4.78, 5) is 0. The summed E-state index contributed by atoms with van der Waals surface area (Å²) in [5.74, 6) is 1.32. The Kier molecular flexibility index (Phi) is 5.21. The highest BCUT2D eigenvalue weighted by atomic mass is 32.2. The van der Waals surface area contributed by atoms with E-state index in [4.69, 9.17) is 0 Å². The second-order valence-electron chi connectivity index (χ2n) is 5.91. The molecular formula is C19H25NS. The zero-order valence-corrected chi connectivity index (χ0v) is 13.7. The van der Waals surface area contributed by atoms with Crippen LogP contribution in [0.25, 0.3) is 10.8 Å². The number of hydrogen-bond donors (Lipinski definition) is 1. The summed E-state index contributed by atoms with van der Waals surface area (Å²) >= 11 is 2.16. The summed E-state index contributed by atoms with van der Waals surface area (Å²) in [6.45, 7) is 3.35. The topological polar surface area (TPSA) is 12.0 Å². The quantitative estimate of drug-likeness (QED) is 0.817. The van der Waals surface area contributed by atoms with Crippen LogP contribution in [0.3, 0.4) is 0 Å². The maximum Gasteiger partial charge on any atom is 0.0446 e. The van der Waals surface area contributed by atoms with Gasteiger partial charge in [-0.1, -0.05) is 55.8 Å². The van der Waals surface area contributed by atoms with Crippen molar-refractivity contribution >= 4 is 22.5 Å². The zero-order chi connectivity index (χ0) is 14.5. The number of nitrogens with one attached hydrogen (secondary N) is 1. The lowest BCUT2D eigenvalue weighted by Crippen LogP contribution is -2.32. The first kappa shape index (κ1) is 14.9. The van der Waals surface area contributed by atoms with Crippen molar-refractivity contribution in [3.63, 3.8) is 0 Å². The van der Waals surface area contributed by atoms with Crippen molar-refractivity contribution in [1.29, 1.82) is 0 Å². The number of fused-ring (bicyclic) bond motifs is 1. The van der Waals surface area contributed by atoms with Crippen LogP contribution >= 0.6 is 11.8 Å². The van der Waals surface area contributed by atoms with E-state index in [1.807, 2.05) is 0 Å². The normalized spacial score (nSPS) is 20.5. The Labute approximate surface area is 132 Å². The van der Waals surface area contributed by atoms with Gasteiger partial charge in [-0.05, 0) is 47.9 Å². The van der Waals surface area contributed by atoms with E-state index >= 15 is 0 Å². The maximum absolute atomic E-state index is 3.83. The third kappa shape index (κ3) is 3.44. The fourth-order valence-electron chi connectivity index (χ4n) is 3.29. The highest BCUT2D eigenvalue weighted by molar-refractivity contribution is 8.00. The van der Waals surface area contributed by atoms with Gasteiger partial charge in [0.15, 0.2) is 0 Å². The highest BCUT2D eigenvalue weighted by Gasteiger charge is 2.26.